The second-order valence-electron chi connectivity index (χ2n) is 1.80. The summed E-state index contributed by atoms with van der Waals surface area (Å²) in [4.78, 5) is 30.6. The maximum atomic E-state index is 10.4. The molecule has 0 aromatic rings. The van der Waals surface area contributed by atoms with Crippen LogP contribution in [0.2, 0.25) is 0 Å². The van der Waals surface area contributed by atoms with E-state index in [1.807, 2.05) is 0 Å². The van der Waals surface area contributed by atoms with Crippen LogP contribution >= 0.6 is 0 Å². The Balaban J connectivity index is 0. The van der Waals surface area contributed by atoms with Gasteiger partial charge in [-0.05, 0) is 0 Å². The molecular weight excluding hydrogens is 163 g/mol. The standard InChI is InChI=1S/C6H8O4.Al.3H/c1-2-4(7)3-5(8)6(9)10;;;;/h2-3H2,1H3,(H,9,10);;;;. The number of aliphatic carboxylic acids is 1. The van der Waals surface area contributed by atoms with E-state index in [2.05, 4.69) is 0 Å². The number of carboxylic acid groups (broad SMARTS) is 1. The molecular formula is C6H11AlO4. The van der Waals surface area contributed by atoms with E-state index in [0.29, 0.717) is 0 Å². The molecule has 0 aromatic heterocycles. The number of carboxylic acids is 1. The second-order valence-corrected chi connectivity index (χ2v) is 1.80. The summed E-state index contributed by atoms with van der Waals surface area (Å²) in [5.74, 6) is -2.92. The molecule has 0 aliphatic rings. The smallest absolute Gasteiger partial charge is 0.372 e. The van der Waals surface area contributed by atoms with Crippen LogP contribution in [0.5, 0.6) is 0 Å². The minimum Gasteiger partial charge on any atom is -0.475 e. The summed E-state index contributed by atoms with van der Waals surface area (Å²) in [5.41, 5.74) is 0. The third-order valence-corrected chi connectivity index (χ3v) is 0.991. The Labute approximate surface area is 74.7 Å². The van der Waals surface area contributed by atoms with E-state index in [1.165, 1.54) is 0 Å². The molecule has 11 heavy (non-hydrogen) atoms. The van der Waals surface area contributed by atoms with Gasteiger partial charge in [0.15, 0.2) is 17.4 Å². The van der Waals surface area contributed by atoms with Gasteiger partial charge < -0.3 is 5.11 Å². The van der Waals surface area contributed by atoms with Crippen molar-refractivity contribution >= 4 is 34.9 Å². The fourth-order valence-electron chi connectivity index (χ4n) is 0.380. The van der Waals surface area contributed by atoms with Gasteiger partial charge in [-0.1, -0.05) is 6.92 Å². The van der Waals surface area contributed by atoms with Crippen LogP contribution in [-0.2, 0) is 14.4 Å². The van der Waals surface area contributed by atoms with E-state index >= 15 is 0 Å². The molecule has 0 heterocycles. The summed E-state index contributed by atoms with van der Waals surface area (Å²) in [6, 6.07) is 0. The van der Waals surface area contributed by atoms with Gasteiger partial charge in [0, 0.05) is 6.42 Å². The predicted octanol–water partition coefficient (Wildman–Crippen LogP) is -1.17. The highest BCUT2D eigenvalue weighted by Crippen LogP contribution is 1.89. The van der Waals surface area contributed by atoms with Crippen molar-refractivity contribution in [1.82, 2.24) is 0 Å². The molecule has 0 fully saturated rings. The zero-order valence-electron chi connectivity index (χ0n) is 5.59. The number of hydrogen-bond donors (Lipinski definition) is 1. The second kappa shape index (κ2) is 6.08. The Hall–Kier alpha value is -0.658. The highest BCUT2D eigenvalue weighted by Gasteiger charge is 2.14. The molecule has 0 aromatic carbocycles. The maximum Gasteiger partial charge on any atom is 0.372 e. The van der Waals surface area contributed by atoms with Crippen molar-refractivity contribution in [3.8, 4) is 0 Å². The van der Waals surface area contributed by atoms with Crippen LogP contribution in [0.4, 0.5) is 0 Å². The summed E-state index contributed by atoms with van der Waals surface area (Å²) in [5, 5.41) is 8.02. The number of carbonyl (C=O) groups excluding carboxylic acids is 2. The Kier molecular flexibility index (Phi) is 7.17. The maximum absolute atomic E-state index is 10.4. The largest absolute Gasteiger partial charge is 0.475 e. The SMILES string of the molecule is CCC(=O)CC(=O)C(=O)O.[AlH3]. The van der Waals surface area contributed by atoms with Crippen LogP contribution < -0.4 is 0 Å². The molecule has 0 amide bonds. The Morgan fingerprint density at radius 3 is 2.00 bits per heavy atom. The molecule has 0 saturated heterocycles. The highest BCUT2D eigenvalue weighted by atomic mass is 27.0. The Bertz CT molecular complexity index is 175. The minimum absolute atomic E-state index is 0. The molecule has 0 radical (unpaired) electrons. The molecule has 0 bridgehead atoms. The molecule has 4 nitrogen and oxygen atoms in total. The van der Waals surface area contributed by atoms with Crippen molar-refractivity contribution in [2.45, 2.75) is 19.8 Å². The van der Waals surface area contributed by atoms with Crippen molar-refractivity contribution < 1.29 is 19.5 Å². The van der Waals surface area contributed by atoms with Gasteiger partial charge in [-0.3, -0.25) is 9.59 Å². The lowest BCUT2D eigenvalue weighted by molar-refractivity contribution is -0.150. The molecule has 0 saturated carbocycles. The number of ketones is 2. The lowest BCUT2D eigenvalue weighted by Gasteiger charge is -1.90. The van der Waals surface area contributed by atoms with Gasteiger partial charge in [0.2, 0.25) is 5.78 Å². The minimum atomic E-state index is -1.54. The zero-order chi connectivity index (χ0) is 8.15. The predicted molar refractivity (Wildman–Crippen MR) is 42.5 cm³/mol. The lowest BCUT2D eigenvalue weighted by atomic mass is 10.2. The van der Waals surface area contributed by atoms with E-state index in [4.69, 9.17) is 5.11 Å². The third-order valence-electron chi connectivity index (χ3n) is 0.991. The number of hydrogen-bond acceptors (Lipinski definition) is 3. The molecule has 0 aliphatic heterocycles. The monoisotopic (exact) mass is 174 g/mol. The summed E-state index contributed by atoms with van der Waals surface area (Å²) >= 11 is 0. The van der Waals surface area contributed by atoms with Crippen molar-refractivity contribution in [3.63, 3.8) is 0 Å². The summed E-state index contributed by atoms with van der Waals surface area (Å²) in [6.45, 7) is 1.58. The molecule has 0 spiro atoms. The Morgan fingerprint density at radius 1 is 1.27 bits per heavy atom. The molecule has 0 unspecified atom stereocenters. The van der Waals surface area contributed by atoms with Gasteiger partial charge in [-0.2, -0.15) is 0 Å². The molecule has 0 rings (SSSR count). The summed E-state index contributed by atoms with van der Waals surface area (Å²) < 4.78 is 0. The topological polar surface area (TPSA) is 71.4 Å². The Morgan fingerprint density at radius 2 is 1.73 bits per heavy atom. The molecule has 5 heteroatoms. The van der Waals surface area contributed by atoms with Gasteiger partial charge in [0.25, 0.3) is 0 Å². The third kappa shape index (κ3) is 5.77. The summed E-state index contributed by atoms with van der Waals surface area (Å²) in [6.07, 6.45) is -0.273. The summed E-state index contributed by atoms with van der Waals surface area (Å²) in [7, 11) is 0. The van der Waals surface area contributed by atoms with Crippen molar-refractivity contribution in [3.05, 3.63) is 0 Å². The van der Waals surface area contributed by atoms with Crippen LogP contribution in [0, 0.1) is 0 Å². The molecule has 62 valence electrons. The van der Waals surface area contributed by atoms with E-state index in [-0.39, 0.29) is 29.6 Å². The lowest BCUT2D eigenvalue weighted by Crippen LogP contribution is -2.16. The molecule has 0 aliphatic carbocycles. The van der Waals surface area contributed by atoms with Gasteiger partial charge in [0.1, 0.15) is 5.78 Å². The first-order valence-electron chi connectivity index (χ1n) is 2.85. The molecule has 0 atom stereocenters. The van der Waals surface area contributed by atoms with Crippen molar-refractivity contribution in [2.75, 3.05) is 0 Å². The highest BCUT2D eigenvalue weighted by molar-refractivity contribution is 6.36. The first kappa shape index (κ1) is 13.0. The van der Waals surface area contributed by atoms with Gasteiger partial charge in [0.05, 0.1) is 6.42 Å². The normalized spacial score (nSPS) is 8.09. The fraction of sp³-hybridized carbons (Fsp3) is 0.500. The van der Waals surface area contributed by atoms with E-state index in [9.17, 15) is 14.4 Å². The van der Waals surface area contributed by atoms with Crippen LogP contribution in [0.1, 0.15) is 19.8 Å². The van der Waals surface area contributed by atoms with Gasteiger partial charge in [-0.15, -0.1) is 0 Å². The zero-order valence-corrected chi connectivity index (χ0v) is 5.59. The quantitative estimate of drug-likeness (QED) is 0.331. The molecule has 1 N–H and O–H groups in total. The first-order valence-corrected chi connectivity index (χ1v) is 2.85. The van der Waals surface area contributed by atoms with Crippen molar-refractivity contribution in [2.24, 2.45) is 0 Å². The number of rotatable bonds is 4. The first-order chi connectivity index (χ1) is 4.57. The van der Waals surface area contributed by atoms with E-state index in [1.54, 1.807) is 6.92 Å². The van der Waals surface area contributed by atoms with E-state index in [0.717, 1.165) is 0 Å². The van der Waals surface area contributed by atoms with Crippen LogP contribution in [-0.4, -0.2) is 40.0 Å². The average Bonchev–Trinajstić information content (AvgIpc) is 1.87. The van der Waals surface area contributed by atoms with Crippen LogP contribution in [0.15, 0.2) is 0 Å². The van der Waals surface area contributed by atoms with E-state index < -0.39 is 18.2 Å². The van der Waals surface area contributed by atoms with Crippen molar-refractivity contribution in [1.29, 1.82) is 0 Å². The van der Waals surface area contributed by atoms with Gasteiger partial charge in [-0.25, -0.2) is 4.79 Å². The average molecular weight is 174 g/mol. The van der Waals surface area contributed by atoms with Crippen LogP contribution in [0.25, 0.3) is 0 Å². The van der Waals surface area contributed by atoms with Crippen LogP contribution in [0.3, 0.4) is 0 Å². The number of Topliss-reactive ketones (excluding diaryl/α,β-unsaturated/α-hetero) is 2. The fourth-order valence-corrected chi connectivity index (χ4v) is 0.380. The van der Waals surface area contributed by atoms with Gasteiger partial charge >= 0.3 is 5.97 Å². The number of carbonyl (C=O) groups is 3.